The number of halogens is 1. The Bertz CT molecular complexity index is 542. The summed E-state index contributed by atoms with van der Waals surface area (Å²) in [7, 11) is 0. The van der Waals surface area contributed by atoms with Crippen molar-refractivity contribution in [2.45, 2.75) is 25.3 Å². The lowest BCUT2D eigenvalue weighted by molar-refractivity contribution is 0.464. The van der Waals surface area contributed by atoms with E-state index in [-0.39, 0.29) is 5.82 Å². The van der Waals surface area contributed by atoms with Crippen LogP contribution in [-0.4, -0.2) is 22.6 Å². The molecule has 0 spiro atoms. The van der Waals surface area contributed by atoms with E-state index in [9.17, 15) is 4.39 Å². The second-order valence-corrected chi connectivity index (χ2v) is 5.05. The zero-order valence-corrected chi connectivity index (χ0v) is 10.8. The highest BCUT2D eigenvalue weighted by atomic mass is 19.1. The van der Waals surface area contributed by atoms with Gasteiger partial charge in [-0.2, -0.15) is 0 Å². The minimum atomic E-state index is -0.204. The first-order valence-electron chi connectivity index (χ1n) is 6.83. The summed E-state index contributed by atoms with van der Waals surface area (Å²) in [5.74, 6) is -0.204. The smallest absolute Gasteiger partial charge is 0.123 e. The Balaban J connectivity index is 1.93. The van der Waals surface area contributed by atoms with Crippen LogP contribution in [0, 0.1) is 5.82 Å². The van der Waals surface area contributed by atoms with E-state index >= 15 is 0 Å². The minimum Gasteiger partial charge on any atom is -0.326 e. The molecule has 2 aromatic rings. The van der Waals surface area contributed by atoms with Crippen LogP contribution in [0.25, 0.3) is 11.3 Å². The highest BCUT2D eigenvalue weighted by Crippen LogP contribution is 2.26. The van der Waals surface area contributed by atoms with E-state index in [1.165, 1.54) is 18.9 Å². The van der Waals surface area contributed by atoms with Crippen LogP contribution in [0.5, 0.6) is 0 Å². The van der Waals surface area contributed by atoms with E-state index < -0.39 is 0 Å². The summed E-state index contributed by atoms with van der Waals surface area (Å²) in [6.45, 7) is 2.04. The number of hydrogen-bond acceptors (Lipinski definition) is 2. The van der Waals surface area contributed by atoms with Crippen molar-refractivity contribution in [3.8, 4) is 11.3 Å². The van der Waals surface area contributed by atoms with Crippen LogP contribution in [0.3, 0.4) is 0 Å². The van der Waals surface area contributed by atoms with Crippen molar-refractivity contribution in [1.82, 2.24) is 14.9 Å². The Kier molecular flexibility index (Phi) is 3.60. The quantitative estimate of drug-likeness (QED) is 0.898. The van der Waals surface area contributed by atoms with Crippen molar-refractivity contribution < 1.29 is 4.39 Å². The number of aromatic nitrogens is 2. The van der Waals surface area contributed by atoms with Gasteiger partial charge in [-0.25, -0.2) is 9.37 Å². The van der Waals surface area contributed by atoms with E-state index in [1.54, 1.807) is 12.1 Å². The molecule has 19 heavy (non-hydrogen) atoms. The second-order valence-electron chi connectivity index (χ2n) is 5.05. The molecule has 1 aliphatic heterocycles. The molecule has 4 heteroatoms. The Morgan fingerprint density at radius 2 is 2.26 bits per heavy atom. The van der Waals surface area contributed by atoms with Gasteiger partial charge in [0, 0.05) is 18.2 Å². The Morgan fingerprint density at radius 3 is 3.16 bits per heavy atom. The predicted molar refractivity (Wildman–Crippen MR) is 73.4 cm³/mol. The van der Waals surface area contributed by atoms with Gasteiger partial charge in [0.05, 0.1) is 18.2 Å². The van der Waals surface area contributed by atoms with Crippen molar-refractivity contribution in [3.05, 3.63) is 42.6 Å². The first-order valence-corrected chi connectivity index (χ1v) is 6.83. The lowest BCUT2D eigenvalue weighted by atomic mass is 10.1. The molecule has 1 aliphatic rings. The van der Waals surface area contributed by atoms with Crippen molar-refractivity contribution in [1.29, 1.82) is 0 Å². The molecule has 3 rings (SSSR count). The summed E-state index contributed by atoms with van der Waals surface area (Å²) in [6.07, 6.45) is 7.27. The van der Waals surface area contributed by atoms with Crippen molar-refractivity contribution in [3.63, 3.8) is 0 Å². The molecule has 0 radical (unpaired) electrons. The molecular formula is C15H18FN3. The largest absolute Gasteiger partial charge is 0.326 e. The fourth-order valence-electron chi connectivity index (χ4n) is 2.71. The molecule has 3 nitrogen and oxygen atoms in total. The Hall–Kier alpha value is -1.68. The molecule has 0 bridgehead atoms. The second kappa shape index (κ2) is 5.53. The monoisotopic (exact) mass is 259 g/mol. The fraction of sp³-hybridized carbons (Fsp3) is 0.400. The highest BCUT2D eigenvalue weighted by molar-refractivity contribution is 5.59. The van der Waals surface area contributed by atoms with E-state index in [4.69, 9.17) is 0 Å². The van der Waals surface area contributed by atoms with Gasteiger partial charge in [0.1, 0.15) is 5.82 Å². The molecule has 1 N–H and O–H groups in total. The minimum absolute atomic E-state index is 0.204. The lowest BCUT2D eigenvalue weighted by Gasteiger charge is -2.19. The van der Waals surface area contributed by atoms with Crippen molar-refractivity contribution in [2.75, 3.05) is 13.1 Å². The average molecular weight is 259 g/mol. The van der Waals surface area contributed by atoms with Gasteiger partial charge in [-0.05, 0) is 31.5 Å². The van der Waals surface area contributed by atoms with Gasteiger partial charge >= 0.3 is 0 Å². The Labute approximate surface area is 112 Å². The molecule has 1 saturated heterocycles. The molecule has 1 unspecified atom stereocenters. The lowest BCUT2D eigenvalue weighted by Crippen LogP contribution is -2.23. The van der Waals surface area contributed by atoms with Gasteiger partial charge in [-0.3, -0.25) is 0 Å². The number of benzene rings is 1. The number of nitrogens with zero attached hydrogens (tertiary/aromatic N) is 2. The standard InChI is InChI=1S/C15H18FN3/c16-13-5-3-4-12(8-13)15-10-18-11-19(15)14-6-1-2-7-17-9-14/h3-5,8,10-11,14,17H,1-2,6-7,9H2. The summed E-state index contributed by atoms with van der Waals surface area (Å²) in [4.78, 5) is 4.25. The Morgan fingerprint density at radius 1 is 1.32 bits per heavy atom. The number of hydrogen-bond donors (Lipinski definition) is 1. The molecule has 1 fully saturated rings. The van der Waals surface area contributed by atoms with Crippen LogP contribution in [0.4, 0.5) is 4.39 Å². The van der Waals surface area contributed by atoms with Crippen molar-refractivity contribution >= 4 is 0 Å². The fourth-order valence-corrected chi connectivity index (χ4v) is 2.71. The van der Waals surface area contributed by atoms with Crippen LogP contribution in [0.15, 0.2) is 36.8 Å². The molecule has 0 amide bonds. The van der Waals surface area contributed by atoms with E-state index in [1.807, 2.05) is 18.6 Å². The van der Waals surface area contributed by atoms with Gasteiger partial charge in [-0.1, -0.05) is 18.6 Å². The van der Waals surface area contributed by atoms with Crippen LogP contribution in [-0.2, 0) is 0 Å². The molecule has 2 heterocycles. The zero-order valence-electron chi connectivity index (χ0n) is 10.8. The third kappa shape index (κ3) is 2.68. The van der Waals surface area contributed by atoms with Crippen LogP contribution >= 0.6 is 0 Å². The van der Waals surface area contributed by atoms with E-state index in [0.29, 0.717) is 6.04 Å². The summed E-state index contributed by atoms with van der Waals surface area (Å²) < 4.78 is 15.5. The van der Waals surface area contributed by atoms with Gasteiger partial charge in [-0.15, -0.1) is 0 Å². The van der Waals surface area contributed by atoms with Crippen LogP contribution < -0.4 is 5.32 Å². The maximum atomic E-state index is 13.4. The number of rotatable bonds is 2. The van der Waals surface area contributed by atoms with Gasteiger partial charge < -0.3 is 9.88 Å². The molecule has 1 atom stereocenters. The predicted octanol–water partition coefficient (Wildman–Crippen LogP) is 3.00. The highest BCUT2D eigenvalue weighted by Gasteiger charge is 2.17. The maximum absolute atomic E-state index is 13.4. The first kappa shape index (κ1) is 12.4. The molecule has 0 aliphatic carbocycles. The SMILES string of the molecule is Fc1cccc(-c2cncn2C2CCCCNC2)c1. The molecule has 100 valence electrons. The third-order valence-electron chi connectivity index (χ3n) is 3.70. The van der Waals surface area contributed by atoms with Gasteiger partial charge in [0.25, 0.3) is 0 Å². The van der Waals surface area contributed by atoms with E-state index in [2.05, 4.69) is 14.9 Å². The number of nitrogens with one attached hydrogen (secondary N) is 1. The van der Waals surface area contributed by atoms with Gasteiger partial charge in [0.15, 0.2) is 0 Å². The molecule has 1 aromatic carbocycles. The summed E-state index contributed by atoms with van der Waals surface area (Å²) in [6, 6.07) is 7.12. The van der Waals surface area contributed by atoms with Crippen LogP contribution in [0.2, 0.25) is 0 Å². The van der Waals surface area contributed by atoms with Crippen LogP contribution in [0.1, 0.15) is 25.3 Å². The summed E-state index contributed by atoms with van der Waals surface area (Å²) in [5, 5.41) is 3.45. The first-order chi connectivity index (χ1) is 9.34. The third-order valence-corrected chi connectivity index (χ3v) is 3.70. The normalized spacial score (nSPS) is 20.2. The van der Waals surface area contributed by atoms with Crippen molar-refractivity contribution in [2.24, 2.45) is 0 Å². The summed E-state index contributed by atoms with van der Waals surface area (Å²) >= 11 is 0. The maximum Gasteiger partial charge on any atom is 0.123 e. The number of imidazole rings is 1. The topological polar surface area (TPSA) is 29.9 Å². The molecule has 1 aromatic heterocycles. The zero-order chi connectivity index (χ0) is 13.1. The summed E-state index contributed by atoms with van der Waals surface area (Å²) in [5.41, 5.74) is 1.88. The van der Waals surface area contributed by atoms with E-state index in [0.717, 1.165) is 30.8 Å². The molecule has 0 saturated carbocycles. The van der Waals surface area contributed by atoms with Gasteiger partial charge in [0.2, 0.25) is 0 Å². The average Bonchev–Trinajstić information content (AvgIpc) is 2.75. The molecular weight excluding hydrogens is 241 g/mol.